The number of hydrogen-bond donors (Lipinski definition) is 8. The van der Waals surface area contributed by atoms with Crippen LogP contribution in [0.15, 0.2) is 12.5 Å². The standard InChI is InChI=1S/C6H9N3O2.C6H14N2O2.C3H7NO2/c7-5(6(10)11)1-4-2-8-3-9-4;7-4-2-1-3-5(8)6(9)10;1-2(4)3(5)6/h2-3,5H,1,7H2,(H,8,9)(H,10,11);5H,1-4,7-8H2,(H,9,10);2H,4H2,1H3,(H,5,6)/t2*5-;2-/m000/s1. The van der Waals surface area contributed by atoms with Gasteiger partial charge >= 0.3 is 17.9 Å². The second kappa shape index (κ2) is 15.7. The van der Waals surface area contributed by atoms with Gasteiger partial charge in [0.15, 0.2) is 0 Å². The van der Waals surface area contributed by atoms with Crippen LogP contribution in [-0.4, -0.2) is 67.9 Å². The molecule has 12 N–H and O–H groups in total. The largest absolute Gasteiger partial charge is 0.480 e. The zero-order valence-corrected chi connectivity index (χ0v) is 15.2. The summed E-state index contributed by atoms with van der Waals surface area (Å²) in [6.07, 6.45) is 5.50. The fourth-order valence-electron chi connectivity index (χ4n) is 1.35. The van der Waals surface area contributed by atoms with Crippen molar-refractivity contribution in [3.05, 3.63) is 18.2 Å². The zero-order valence-electron chi connectivity index (χ0n) is 15.2. The fourth-order valence-corrected chi connectivity index (χ4v) is 1.35. The maximum atomic E-state index is 10.3. The quantitative estimate of drug-likeness (QED) is 0.221. The van der Waals surface area contributed by atoms with Gasteiger partial charge in [-0.25, -0.2) is 4.98 Å². The van der Waals surface area contributed by atoms with Crippen molar-refractivity contribution in [3.8, 4) is 0 Å². The SMILES string of the molecule is C[C@H](N)C(=O)O.NCCCC[C@H](N)C(=O)O.N[C@@H](Cc1cnc[nH]1)C(=O)O. The monoisotopic (exact) mass is 390 g/mol. The van der Waals surface area contributed by atoms with E-state index < -0.39 is 36.0 Å². The van der Waals surface area contributed by atoms with Gasteiger partial charge in [-0.05, 0) is 26.3 Å². The number of nitrogens with zero attached hydrogens (tertiary/aromatic N) is 1. The summed E-state index contributed by atoms with van der Waals surface area (Å²) < 4.78 is 0. The maximum Gasteiger partial charge on any atom is 0.320 e. The average Bonchev–Trinajstić information content (AvgIpc) is 3.08. The number of carboxylic acids is 3. The summed E-state index contributed by atoms with van der Waals surface area (Å²) in [5, 5.41) is 24.6. The molecular weight excluding hydrogens is 360 g/mol. The van der Waals surface area contributed by atoms with E-state index in [2.05, 4.69) is 9.97 Å². The predicted molar refractivity (Wildman–Crippen MR) is 97.7 cm³/mol. The molecule has 0 aliphatic heterocycles. The van der Waals surface area contributed by atoms with E-state index in [0.717, 1.165) is 18.5 Å². The molecule has 1 rings (SSSR count). The summed E-state index contributed by atoms with van der Waals surface area (Å²) in [6.45, 7) is 2.02. The Balaban J connectivity index is 0. The third-order valence-electron chi connectivity index (χ3n) is 2.99. The van der Waals surface area contributed by atoms with Crippen molar-refractivity contribution in [1.82, 2.24) is 9.97 Å². The molecule has 156 valence electrons. The molecule has 1 aromatic heterocycles. The van der Waals surface area contributed by atoms with Crippen LogP contribution in [-0.2, 0) is 20.8 Å². The van der Waals surface area contributed by atoms with Crippen LogP contribution in [0.2, 0.25) is 0 Å². The number of aliphatic carboxylic acids is 3. The van der Waals surface area contributed by atoms with Gasteiger partial charge in [0.1, 0.15) is 18.1 Å². The Hall–Kier alpha value is -2.54. The summed E-state index contributed by atoms with van der Waals surface area (Å²) in [5.41, 5.74) is 21.3. The lowest BCUT2D eigenvalue weighted by Crippen LogP contribution is -2.32. The van der Waals surface area contributed by atoms with Crippen molar-refractivity contribution in [1.29, 1.82) is 0 Å². The number of carbonyl (C=O) groups is 3. The lowest BCUT2D eigenvalue weighted by atomic mass is 10.1. The van der Waals surface area contributed by atoms with E-state index in [9.17, 15) is 14.4 Å². The first-order valence-electron chi connectivity index (χ1n) is 8.15. The van der Waals surface area contributed by atoms with Crippen LogP contribution in [0.1, 0.15) is 31.9 Å². The van der Waals surface area contributed by atoms with E-state index in [4.69, 9.17) is 38.3 Å². The molecule has 0 aliphatic carbocycles. The fraction of sp³-hybridized carbons (Fsp3) is 0.600. The van der Waals surface area contributed by atoms with Crippen LogP contribution in [0, 0.1) is 0 Å². The third-order valence-corrected chi connectivity index (χ3v) is 2.99. The minimum Gasteiger partial charge on any atom is -0.480 e. The van der Waals surface area contributed by atoms with Gasteiger partial charge < -0.3 is 43.2 Å². The molecule has 0 radical (unpaired) electrons. The molecule has 0 bridgehead atoms. The van der Waals surface area contributed by atoms with E-state index in [-0.39, 0.29) is 6.42 Å². The summed E-state index contributed by atoms with van der Waals surface area (Å²) >= 11 is 0. The summed E-state index contributed by atoms with van der Waals surface area (Å²) in [5.74, 6) is -2.90. The molecule has 0 aromatic carbocycles. The van der Waals surface area contributed by atoms with Crippen molar-refractivity contribution in [2.24, 2.45) is 22.9 Å². The first kappa shape index (κ1) is 26.7. The molecule has 12 heteroatoms. The van der Waals surface area contributed by atoms with Crippen molar-refractivity contribution >= 4 is 17.9 Å². The lowest BCUT2D eigenvalue weighted by molar-refractivity contribution is -0.139. The van der Waals surface area contributed by atoms with E-state index >= 15 is 0 Å². The van der Waals surface area contributed by atoms with E-state index in [1.54, 1.807) is 6.20 Å². The highest BCUT2D eigenvalue weighted by molar-refractivity contribution is 5.73. The van der Waals surface area contributed by atoms with E-state index in [1.807, 2.05) is 0 Å². The summed E-state index contributed by atoms with van der Waals surface area (Å²) in [7, 11) is 0. The minimum absolute atomic E-state index is 0.287. The number of aromatic nitrogens is 2. The van der Waals surface area contributed by atoms with Gasteiger partial charge in [0.05, 0.1) is 6.33 Å². The number of nitrogens with two attached hydrogens (primary N) is 4. The number of nitrogens with one attached hydrogen (secondary N) is 1. The van der Waals surface area contributed by atoms with Crippen LogP contribution in [0.3, 0.4) is 0 Å². The zero-order chi connectivity index (χ0) is 21.4. The molecule has 0 amide bonds. The van der Waals surface area contributed by atoms with E-state index in [0.29, 0.717) is 13.0 Å². The highest BCUT2D eigenvalue weighted by Crippen LogP contribution is 1.97. The highest BCUT2D eigenvalue weighted by atomic mass is 16.4. The number of aromatic amines is 1. The predicted octanol–water partition coefficient (Wildman–Crippen LogP) is -1.69. The Labute approximate surface area is 156 Å². The van der Waals surface area contributed by atoms with Crippen molar-refractivity contribution in [2.45, 2.75) is 50.7 Å². The molecule has 0 spiro atoms. The Bertz CT molecular complexity index is 537. The van der Waals surface area contributed by atoms with Gasteiger partial charge in [0.25, 0.3) is 0 Å². The van der Waals surface area contributed by atoms with Gasteiger partial charge in [-0.15, -0.1) is 0 Å². The van der Waals surface area contributed by atoms with Gasteiger partial charge in [-0.2, -0.15) is 0 Å². The van der Waals surface area contributed by atoms with Gasteiger partial charge in [0, 0.05) is 18.3 Å². The van der Waals surface area contributed by atoms with Gasteiger partial charge in [-0.1, -0.05) is 6.42 Å². The van der Waals surface area contributed by atoms with Crippen LogP contribution >= 0.6 is 0 Å². The number of imidazole rings is 1. The number of hydrogen-bond acceptors (Lipinski definition) is 8. The second-order valence-corrected chi connectivity index (χ2v) is 5.58. The molecule has 12 nitrogen and oxygen atoms in total. The molecule has 0 saturated carbocycles. The molecule has 27 heavy (non-hydrogen) atoms. The molecule has 0 saturated heterocycles. The third kappa shape index (κ3) is 16.7. The minimum atomic E-state index is -1.00. The van der Waals surface area contributed by atoms with Crippen molar-refractivity contribution in [2.75, 3.05) is 6.54 Å². The van der Waals surface area contributed by atoms with E-state index in [1.165, 1.54) is 13.3 Å². The summed E-state index contributed by atoms with van der Waals surface area (Å²) in [4.78, 5) is 36.5. The Morgan fingerprint density at radius 1 is 1.04 bits per heavy atom. The molecule has 3 atom stereocenters. The van der Waals surface area contributed by atoms with Gasteiger partial charge in [-0.3, -0.25) is 14.4 Å². The molecule has 1 aromatic rings. The number of unbranched alkanes of at least 4 members (excludes halogenated alkanes) is 1. The molecular formula is C15H30N6O6. The Morgan fingerprint density at radius 3 is 1.89 bits per heavy atom. The lowest BCUT2D eigenvalue weighted by Gasteiger charge is -2.03. The molecule has 0 aliphatic rings. The first-order valence-corrected chi connectivity index (χ1v) is 8.15. The molecule has 1 heterocycles. The topological polar surface area (TPSA) is 245 Å². The second-order valence-electron chi connectivity index (χ2n) is 5.58. The van der Waals surface area contributed by atoms with Crippen molar-refractivity contribution < 1.29 is 29.7 Å². The first-order chi connectivity index (χ1) is 12.5. The molecule has 0 unspecified atom stereocenters. The van der Waals surface area contributed by atoms with Crippen LogP contribution in [0.4, 0.5) is 0 Å². The smallest absolute Gasteiger partial charge is 0.320 e. The van der Waals surface area contributed by atoms with Crippen LogP contribution < -0.4 is 22.9 Å². The normalized spacial score (nSPS) is 13.1. The Morgan fingerprint density at radius 2 is 1.56 bits per heavy atom. The number of rotatable bonds is 9. The van der Waals surface area contributed by atoms with Crippen LogP contribution in [0.25, 0.3) is 0 Å². The Kier molecular flexibility index (Phi) is 15.5. The van der Waals surface area contributed by atoms with Gasteiger partial charge in [0.2, 0.25) is 0 Å². The van der Waals surface area contributed by atoms with Crippen LogP contribution in [0.5, 0.6) is 0 Å². The number of H-pyrrole nitrogens is 1. The van der Waals surface area contributed by atoms with Crippen molar-refractivity contribution in [3.63, 3.8) is 0 Å². The maximum absolute atomic E-state index is 10.3. The average molecular weight is 390 g/mol. The summed E-state index contributed by atoms with van der Waals surface area (Å²) in [6, 6.07) is -2.30. The molecule has 0 fully saturated rings. The highest BCUT2D eigenvalue weighted by Gasteiger charge is 2.12. The number of carboxylic acid groups (broad SMARTS) is 3.